The number of rotatable bonds is 10. The predicted octanol–water partition coefficient (Wildman–Crippen LogP) is 4.13. The Bertz CT molecular complexity index is 1440. The fourth-order valence-electron chi connectivity index (χ4n) is 4.66. The summed E-state index contributed by atoms with van der Waals surface area (Å²) in [5.74, 6) is 2.29. The van der Waals surface area contributed by atoms with E-state index in [0.717, 1.165) is 5.56 Å². The fraction of sp³-hybridized carbons (Fsp3) is 0.310. The summed E-state index contributed by atoms with van der Waals surface area (Å²) < 4.78 is 21.4. The van der Waals surface area contributed by atoms with E-state index in [1.165, 1.54) is 0 Å². The van der Waals surface area contributed by atoms with E-state index in [9.17, 15) is 9.59 Å². The number of amides is 2. The molecule has 2 N–H and O–H groups in total. The van der Waals surface area contributed by atoms with Crippen molar-refractivity contribution in [2.24, 2.45) is 5.92 Å². The second-order valence-electron chi connectivity index (χ2n) is 9.43. The van der Waals surface area contributed by atoms with E-state index < -0.39 is 0 Å². The quantitative estimate of drug-likeness (QED) is 0.302. The lowest BCUT2D eigenvalue weighted by Gasteiger charge is -2.30. The molecule has 0 bridgehead atoms. The zero-order valence-electron chi connectivity index (χ0n) is 22.4. The monoisotopic (exact) mass is 545 g/mol. The van der Waals surface area contributed by atoms with Gasteiger partial charge in [-0.1, -0.05) is 17.3 Å². The van der Waals surface area contributed by atoms with Crippen LogP contribution in [-0.4, -0.2) is 54.2 Å². The van der Waals surface area contributed by atoms with Crippen LogP contribution in [-0.2, 0) is 17.9 Å². The van der Waals surface area contributed by atoms with Crippen LogP contribution in [0.15, 0.2) is 69.8 Å². The average Bonchev–Trinajstić information content (AvgIpc) is 3.69. The average molecular weight is 546 g/mol. The van der Waals surface area contributed by atoms with Gasteiger partial charge in [0.2, 0.25) is 17.6 Å². The Balaban J connectivity index is 1.13. The van der Waals surface area contributed by atoms with E-state index in [0.29, 0.717) is 72.7 Å². The number of ether oxygens (including phenoxy) is 2. The number of furan rings is 1. The molecule has 1 fully saturated rings. The molecule has 2 aromatic carbocycles. The zero-order chi connectivity index (χ0) is 27.9. The number of nitrogens with one attached hydrogen (secondary N) is 2. The SMILES string of the molecule is COc1ccc(-c2noc(CN3CCC(C(=O)Nc4ccccc4C(=O)NCc4ccco4)CC3)n2)cc1OC. The molecule has 208 valence electrons. The molecule has 2 amide bonds. The molecule has 3 heterocycles. The Morgan fingerprint density at radius 1 is 1.02 bits per heavy atom. The Morgan fingerprint density at radius 3 is 2.58 bits per heavy atom. The molecule has 1 aliphatic heterocycles. The first kappa shape index (κ1) is 26.9. The second kappa shape index (κ2) is 12.5. The van der Waals surface area contributed by atoms with Crippen LogP contribution in [0.5, 0.6) is 11.5 Å². The third-order valence-corrected chi connectivity index (χ3v) is 6.86. The fourth-order valence-corrected chi connectivity index (χ4v) is 4.66. The third kappa shape index (κ3) is 6.32. The Kier molecular flexibility index (Phi) is 8.41. The molecular weight excluding hydrogens is 514 g/mol. The van der Waals surface area contributed by atoms with Crippen LogP contribution >= 0.6 is 0 Å². The van der Waals surface area contributed by atoms with E-state index >= 15 is 0 Å². The molecule has 0 unspecified atom stereocenters. The zero-order valence-corrected chi connectivity index (χ0v) is 22.4. The summed E-state index contributed by atoms with van der Waals surface area (Å²) in [6.07, 6.45) is 2.91. The first-order valence-electron chi connectivity index (χ1n) is 13.0. The van der Waals surface area contributed by atoms with Crippen molar-refractivity contribution in [2.45, 2.75) is 25.9 Å². The number of para-hydroxylation sites is 1. The van der Waals surface area contributed by atoms with Crippen LogP contribution in [0.4, 0.5) is 5.69 Å². The largest absolute Gasteiger partial charge is 0.493 e. The molecule has 0 radical (unpaired) electrons. The molecule has 40 heavy (non-hydrogen) atoms. The van der Waals surface area contributed by atoms with Gasteiger partial charge in [0.25, 0.3) is 5.91 Å². The summed E-state index contributed by atoms with van der Waals surface area (Å²) in [5, 5.41) is 9.89. The first-order valence-corrected chi connectivity index (χ1v) is 13.0. The number of methoxy groups -OCH3 is 2. The molecule has 0 saturated carbocycles. The molecule has 1 aliphatic rings. The molecule has 4 aromatic rings. The van der Waals surface area contributed by atoms with E-state index in [2.05, 4.69) is 25.7 Å². The Labute approximate surface area is 231 Å². The standard InChI is InChI=1S/C29H31N5O6/c1-37-24-10-9-20(16-25(24)38-2)27-32-26(40-33-27)18-34-13-11-19(12-14-34)28(35)31-23-8-4-3-7-22(23)29(36)30-17-21-6-5-15-39-21/h3-10,15-16,19H,11-14,17-18H2,1-2H3,(H,30,36)(H,31,35). The van der Waals surface area contributed by atoms with Crippen molar-refractivity contribution in [1.82, 2.24) is 20.4 Å². The highest BCUT2D eigenvalue weighted by atomic mass is 16.5. The van der Waals surface area contributed by atoms with E-state index in [1.807, 2.05) is 6.07 Å². The maximum Gasteiger partial charge on any atom is 0.253 e. The van der Waals surface area contributed by atoms with Gasteiger partial charge in [-0.25, -0.2) is 0 Å². The van der Waals surface area contributed by atoms with Crippen LogP contribution < -0.4 is 20.1 Å². The smallest absolute Gasteiger partial charge is 0.253 e. The first-order chi connectivity index (χ1) is 19.5. The van der Waals surface area contributed by atoms with Crippen molar-refractivity contribution in [1.29, 1.82) is 0 Å². The number of likely N-dealkylation sites (tertiary alicyclic amines) is 1. The topological polar surface area (TPSA) is 132 Å². The molecular formula is C29H31N5O6. The number of piperidine rings is 1. The van der Waals surface area contributed by atoms with Gasteiger partial charge in [-0.3, -0.25) is 14.5 Å². The van der Waals surface area contributed by atoms with E-state index in [-0.39, 0.29) is 24.3 Å². The number of hydrogen-bond acceptors (Lipinski definition) is 9. The highest BCUT2D eigenvalue weighted by molar-refractivity contribution is 6.04. The molecule has 0 atom stereocenters. The number of benzene rings is 2. The third-order valence-electron chi connectivity index (χ3n) is 6.86. The summed E-state index contributed by atoms with van der Waals surface area (Å²) in [4.78, 5) is 32.5. The minimum Gasteiger partial charge on any atom is -0.493 e. The van der Waals surface area contributed by atoms with Crippen molar-refractivity contribution in [3.05, 3.63) is 78.1 Å². The second-order valence-corrected chi connectivity index (χ2v) is 9.43. The Hall–Kier alpha value is -4.64. The molecule has 11 nitrogen and oxygen atoms in total. The molecule has 1 saturated heterocycles. The van der Waals surface area contributed by atoms with Crippen molar-refractivity contribution >= 4 is 17.5 Å². The predicted molar refractivity (Wildman–Crippen MR) is 146 cm³/mol. The van der Waals surface area contributed by atoms with Gasteiger partial charge in [0.05, 0.1) is 44.8 Å². The Morgan fingerprint density at radius 2 is 1.82 bits per heavy atom. The van der Waals surface area contributed by atoms with Gasteiger partial charge >= 0.3 is 0 Å². The van der Waals surface area contributed by atoms with Gasteiger partial charge in [0.15, 0.2) is 11.5 Å². The van der Waals surface area contributed by atoms with E-state index in [4.69, 9.17) is 18.4 Å². The lowest BCUT2D eigenvalue weighted by Crippen LogP contribution is -2.38. The van der Waals surface area contributed by atoms with Crippen molar-refractivity contribution in [3.63, 3.8) is 0 Å². The molecule has 5 rings (SSSR count). The molecule has 0 spiro atoms. The van der Waals surface area contributed by atoms with E-state index in [1.54, 1.807) is 69.0 Å². The number of hydrogen-bond donors (Lipinski definition) is 2. The van der Waals surface area contributed by atoms with Gasteiger partial charge in [-0.05, 0) is 68.4 Å². The maximum atomic E-state index is 13.1. The van der Waals surface area contributed by atoms with Crippen molar-refractivity contribution in [2.75, 3.05) is 32.6 Å². The molecule has 2 aromatic heterocycles. The van der Waals surface area contributed by atoms with Gasteiger partial charge < -0.3 is 29.0 Å². The number of anilines is 1. The van der Waals surface area contributed by atoms with Crippen LogP contribution in [0.25, 0.3) is 11.4 Å². The van der Waals surface area contributed by atoms with Crippen LogP contribution in [0, 0.1) is 5.92 Å². The van der Waals surface area contributed by atoms with Crippen molar-refractivity contribution in [3.8, 4) is 22.9 Å². The highest BCUT2D eigenvalue weighted by Crippen LogP contribution is 2.31. The minimum absolute atomic E-state index is 0.0977. The lowest BCUT2D eigenvalue weighted by molar-refractivity contribution is -0.121. The normalized spacial score (nSPS) is 14.1. The highest BCUT2D eigenvalue weighted by Gasteiger charge is 2.27. The summed E-state index contributed by atoms with van der Waals surface area (Å²) >= 11 is 0. The van der Waals surface area contributed by atoms with Gasteiger partial charge in [-0.15, -0.1) is 0 Å². The van der Waals surface area contributed by atoms with Crippen LogP contribution in [0.1, 0.15) is 34.9 Å². The molecule has 0 aliphatic carbocycles. The summed E-state index contributed by atoms with van der Waals surface area (Å²) in [5.41, 5.74) is 1.65. The summed E-state index contributed by atoms with van der Waals surface area (Å²) in [7, 11) is 3.16. The number of nitrogens with zero attached hydrogens (tertiary/aromatic N) is 3. The molecule has 11 heteroatoms. The van der Waals surface area contributed by atoms with Gasteiger partial charge in [0.1, 0.15) is 5.76 Å². The summed E-state index contributed by atoms with van der Waals surface area (Å²) in [6.45, 7) is 2.17. The number of carbonyl (C=O) groups excluding carboxylic acids is 2. The maximum absolute atomic E-state index is 13.1. The van der Waals surface area contributed by atoms with Gasteiger partial charge in [-0.2, -0.15) is 4.98 Å². The van der Waals surface area contributed by atoms with Crippen LogP contribution in [0.2, 0.25) is 0 Å². The summed E-state index contributed by atoms with van der Waals surface area (Å²) in [6, 6.07) is 16.0. The van der Waals surface area contributed by atoms with Crippen molar-refractivity contribution < 1.29 is 28.0 Å². The minimum atomic E-state index is -0.283. The number of aromatic nitrogens is 2. The number of carbonyl (C=O) groups is 2. The lowest BCUT2D eigenvalue weighted by atomic mass is 9.95. The van der Waals surface area contributed by atoms with Crippen LogP contribution in [0.3, 0.4) is 0 Å². The van der Waals surface area contributed by atoms with Gasteiger partial charge in [0, 0.05) is 11.5 Å².